The summed E-state index contributed by atoms with van der Waals surface area (Å²) in [6.45, 7) is 3.57. The third kappa shape index (κ3) is 4.87. The fourth-order valence-electron chi connectivity index (χ4n) is 2.72. The van der Waals surface area contributed by atoms with Crippen molar-refractivity contribution in [3.63, 3.8) is 0 Å². The Bertz CT molecular complexity index is 536. The van der Waals surface area contributed by atoms with Crippen molar-refractivity contribution in [2.24, 2.45) is 5.92 Å². The van der Waals surface area contributed by atoms with Gasteiger partial charge in [-0.15, -0.1) is 0 Å². The van der Waals surface area contributed by atoms with Gasteiger partial charge in [-0.2, -0.15) is 0 Å². The van der Waals surface area contributed by atoms with Crippen LogP contribution in [0.1, 0.15) is 19.8 Å². The van der Waals surface area contributed by atoms with Gasteiger partial charge >= 0.3 is 5.97 Å². The molecule has 6 heteroatoms. The Hall–Kier alpha value is -2.24. The molecule has 1 amide bonds. The number of likely N-dealkylation sites (tertiary alicyclic amines) is 1. The quantitative estimate of drug-likeness (QED) is 0.866. The van der Waals surface area contributed by atoms with E-state index < -0.39 is 5.97 Å². The lowest BCUT2D eigenvalue weighted by molar-refractivity contribution is -0.135. The summed E-state index contributed by atoms with van der Waals surface area (Å²) in [5.41, 5.74) is 0.701. The Morgan fingerprint density at radius 1 is 1.22 bits per heavy atom. The van der Waals surface area contributed by atoms with Crippen molar-refractivity contribution in [2.75, 3.05) is 38.2 Å². The molecule has 1 aliphatic heterocycles. The highest BCUT2D eigenvalue weighted by Crippen LogP contribution is 2.20. The molecule has 0 aromatic heterocycles. The molecule has 1 aromatic carbocycles. The van der Waals surface area contributed by atoms with Gasteiger partial charge in [-0.3, -0.25) is 9.59 Å². The lowest BCUT2D eigenvalue weighted by Gasteiger charge is -2.32. The average Bonchev–Trinajstić information content (AvgIpc) is 2.54. The number of piperidine rings is 1. The smallest absolute Gasteiger partial charge is 0.323 e. The van der Waals surface area contributed by atoms with Crippen LogP contribution in [0.15, 0.2) is 24.3 Å². The number of benzene rings is 1. The van der Waals surface area contributed by atoms with Gasteiger partial charge in [-0.05, 0) is 43.0 Å². The van der Waals surface area contributed by atoms with Gasteiger partial charge in [0.05, 0.1) is 13.7 Å². The number of carbonyl (C=O) groups excluding carboxylic acids is 1. The van der Waals surface area contributed by atoms with Crippen LogP contribution in [0.2, 0.25) is 0 Å². The third-order valence-electron chi connectivity index (χ3n) is 4.23. The highest BCUT2D eigenvalue weighted by Gasteiger charge is 2.23. The number of amides is 1. The Kier molecular flexibility index (Phi) is 5.84. The zero-order chi connectivity index (χ0) is 16.8. The van der Waals surface area contributed by atoms with Crippen LogP contribution in [0.25, 0.3) is 0 Å². The van der Waals surface area contributed by atoms with Gasteiger partial charge in [0.25, 0.3) is 0 Å². The number of nitrogens with zero attached hydrogens (tertiary/aromatic N) is 2. The number of methoxy groups -OCH3 is 1. The molecule has 1 aliphatic rings. The minimum atomic E-state index is -0.958. The van der Waals surface area contributed by atoms with Gasteiger partial charge in [0.15, 0.2) is 0 Å². The zero-order valence-corrected chi connectivity index (χ0v) is 13.7. The summed E-state index contributed by atoms with van der Waals surface area (Å²) in [5.74, 6) is 0.367. The van der Waals surface area contributed by atoms with E-state index in [4.69, 9.17) is 9.84 Å². The van der Waals surface area contributed by atoms with Gasteiger partial charge in [0, 0.05) is 18.8 Å². The van der Waals surface area contributed by atoms with Crippen LogP contribution < -0.4 is 9.64 Å². The summed E-state index contributed by atoms with van der Waals surface area (Å²) in [6, 6.07) is 7.06. The van der Waals surface area contributed by atoms with Crippen LogP contribution in [-0.2, 0) is 9.59 Å². The monoisotopic (exact) mass is 320 g/mol. The molecule has 0 aliphatic carbocycles. The highest BCUT2D eigenvalue weighted by molar-refractivity contribution is 5.84. The summed E-state index contributed by atoms with van der Waals surface area (Å²) in [4.78, 5) is 27.0. The SMILES string of the molecule is COc1ccc(N(CC(=O)O)CC(=O)N2CCC(C)CC2)cc1. The summed E-state index contributed by atoms with van der Waals surface area (Å²) >= 11 is 0. The van der Waals surface area contributed by atoms with E-state index in [0.29, 0.717) is 17.4 Å². The summed E-state index contributed by atoms with van der Waals surface area (Å²) < 4.78 is 5.11. The predicted molar refractivity (Wildman–Crippen MR) is 87.8 cm³/mol. The van der Waals surface area contributed by atoms with Crippen LogP contribution in [-0.4, -0.2) is 55.2 Å². The summed E-state index contributed by atoms with van der Waals surface area (Å²) in [6.07, 6.45) is 2.01. The topological polar surface area (TPSA) is 70.1 Å². The predicted octanol–water partition coefficient (Wildman–Crippen LogP) is 1.84. The number of aliphatic carboxylic acids is 1. The van der Waals surface area contributed by atoms with E-state index >= 15 is 0 Å². The van der Waals surface area contributed by atoms with E-state index in [1.807, 2.05) is 4.90 Å². The van der Waals surface area contributed by atoms with Crippen LogP contribution in [0.5, 0.6) is 5.75 Å². The molecule has 2 rings (SSSR count). The number of carboxylic acid groups (broad SMARTS) is 1. The lowest BCUT2D eigenvalue weighted by Crippen LogP contribution is -2.45. The maximum absolute atomic E-state index is 12.5. The summed E-state index contributed by atoms with van der Waals surface area (Å²) in [7, 11) is 1.57. The van der Waals surface area contributed by atoms with Gasteiger partial charge in [-0.1, -0.05) is 6.92 Å². The lowest BCUT2D eigenvalue weighted by atomic mass is 9.99. The molecule has 0 unspecified atom stereocenters. The van der Waals surface area contributed by atoms with Crippen molar-refractivity contribution in [1.29, 1.82) is 0 Å². The molecule has 1 aromatic rings. The molecule has 0 atom stereocenters. The minimum absolute atomic E-state index is 0.0195. The first kappa shape index (κ1) is 17.1. The number of hydrogen-bond acceptors (Lipinski definition) is 4. The molecule has 1 heterocycles. The molecule has 0 bridgehead atoms. The van der Waals surface area contributed by atoms with Gasteiger partial charge in [0.1, 0.15) is 12.3 Å². The van der Waals surface area contributed by atoms with Crippen molar-refractivity contribution < 1.29 is 19.4 Å². The van der Waals surface area contributed by atoms with Crippen molar-refractivity contribution >= 4 is 17.6 Å². The van der Waals surface area contributed by atoms with Gasteiger partial charge in [0.2, 0.25) is 5.91 Å². The number of anilines is 1. The summed E-state index contributed by atoms with van der Waals surface area (Å²) in [5, 5.41) is 9.11. The van der Waals surface area contributed by atoms with Crippen molar-refractivity contribution in [3.05, 3.63) is 24.3 Å². The first-order valence-electron chi connectivity index (χ1n) is 7.88. The molecule has 6 nitrogen and oxygen atoms in total. The molecule has 126 valence electrons. The molecular formula is C17H24N2O4. The van der Waals surface area contributed by atoms with E-state index in [-0.39, 0.29) is 19.0 Å². The highest BCUT2D eigenvalue weighted by atomic mass is 16.5. The Morgan fingerprint density at radius 3 is 2.35 bits per heavy atom. The standard InChI is InChI=1S/C17H24N2O4/c1-13-7-9-18(10-8-13)16(20)11-19(12-17(21)22)14-3-5-15(23-2)6-4-14/h3-6,13H,7-12H2,1-2H3,(H,21,22). The van der Waals surface area contributed by atoms with Crippen LogP contribution in [0.4, 0.5) is 5.69 Å². The molecule has 23 heavy (non-hydrogen) atoms. The minimum Gasteiger partial charge on any atom is -0.497 e. The second-order valence-corrected chi connectivity index (χ2v) is 6.01. The fraction of sp³-hybridized carbons (Fsp3) is 0.529. The van der Waals surface area contributed by atoms with Crippen molar-refractivity contribution in [1.82, 2.24) is 4.90 Å². The normalized spacial score (nSPS) is 15.3. The maximum Gasteiger partial charge on any atom is 0.323 e. The second-order valence-electron chi connectivity index (χ2n) is 6.01. The van der Waals surface area contributed by atoms with Crippen molar-refractivity contribution in [2.45, 2.75) is 19.8 Å². The van der Waals surface area contributed by atoms with Crippen LogP contribution >= 0.6 is 0 Å². The van der Waals surface area contributed by atoms with Gasteiger partial charge in [-0.25, -0.2) is 0 Å². The molecule has 1 fully saturated rings. The third-order valence-corrected chi connectivity index (χ3v) is 4.23. The van der Waals surface area contributed by atoms with E-state index in [1.165, 1.54) is 0 Å². The Labute approximate surface area is 136 Å². The molecule has 1 saturated heterocycles. The van der Waals surface area contributed by atoms with E-state index in [1.54, 1.807) is 36.3 Å². The number of hydrogen-bond donors (Lipinski definition) is 1. The Morgan fingerprint density at radius 2 is 1.83 bits per heavy atom. The zero-order valence-electron chi connectivity index (χ0n) is 13.7. The van der Waals surface area contributed by atoms with E-state index in [0.717, 1.165) is 25.9 Å². The fourth-order valence-corrected chi connectivity index (χ4v) is 2.72. The average molecular weight is 320 g/mol. The largest absolute Gasteiger partial charge is 0.497 e. The van der Waals surface area contributed by atoms with Gasteiger partial charge < -0.3 is 19.6 Å². The van der Waals surface area contributed by atoms with E-state index in [9.17, 15) is 9.59 Å². The second kappa shape index (κ2) is 7.85. The first-order chi connectivity index (χ1) is 11.0. The molecule has 0 saturated carbocycles. The van der Waals surface area contributed by atoms with E-state index in [2.05, 4.69) is 6.92 Å². The van der Waals surface area contributed by atoms with Crippen LogP contribution in [0.3, 0.4) is 0 Å². The number of carbonyl (C=O) groups is 2. The van der Waals surface area contributed by atoms with Crippen LogP contribution in [0, 0.1) is 5.92 Å². The maximum atomic E-state index is 12.5. The molecular weight excluding hydrogens is 296 g/mol. The molecule has 0 spiro atoms. The van der Waals surface area contributed by atoms with Crippen molar-refractivity contribution in [3.8, 4) is 5.75 Å². The molecule has 1 N–H and O–H groups in total. The number of rotatable bonds is 6. The Balaban J connectivity index is 2.05. The first-order valence-corrected chi connectivity index (χ1v) is 7.88. The number of ether oxygens (including phenoxy) is 1. The number of carboxylic acids is 1. The molecule has 0 radical (unpaired) electrons.